The van der Waals surface area contributed by atoms with E-state index in [0.717, 1.165) is 0 Å². The number of carbonyl (C=O) groups is 3. The van der Waals surface area contributed by atoms with Gasteiger partial charge in [0.05, 0.1) is 12.7 Å². The molecule has 0 spiro atoms. The van der Waals surface area contributed by atoms with Gasteiger partial charge in [-0.1, -0.05) is 18.2 Å². The van der Waals surface area contributed by atoms with E-state index in [2.05, 4.69) is 10.6 Å². The number of hydrogen-bond donors (Lipinski definition) is 2. The van der Waals surface area contributed by atoms with Gasteiger partial charge in [0.15, 0.2) is 0 Å². The number of hydrogen-bond acceptors (Lipinski definition) is 4. The van der Waals surface area contributed by atoms with Crippen LogP contribution in [0.4, 0.5) is 9.18 Å². The molecule has 0 aromatic heterocycles. The Morgan fingerprint density at radius 3 is 2.71 bits per heavy atom. The van der Waals surface area contributed by atoms with Gasteiger partial charge in [0.25, 0.3) is 5.91 Å². The van der Waals surface area contributed by atoms with Crippen molar-refractivity contribution in [2.75, 3.05) is 13.1 Å². The maximum atomic E-state index is 13.5. The molecule has 24 heavy (non-hydrogen) atoms. The lowest BCUT2D eigenvalue weighted by Crippen LogP contribution is -2.54. The molecule has 2 aliphatic heterocycles. The first-order valence-electron chi connectivity index (χ1n) is 7.77. The predicted octanol–water partition coefficient (Wildman–Crippen LogP) is 0.541. The maximum Gasteiger partial charge on any atom is 0.322 e. The molecule has 1 atom stereocenters. The number of likely N-dealkylation sites (tertiary alicyclic amines) is 1. The molecule has 0 bridgehead atoms. The Bertz CT molecular complexity index is 660. The van der Waals surface area contributed by atoms with E-state index in [1.54, 1.807) is 23.1 Å². The Kier molecular flexibility index (Phi) is 4.75. The molecule has 2 N–H and O–H groups in total. The Morgan fingerprint density at radius 2 is 2.04 bits per heavy atom. The standard InChI is InChI=1S/C16H18FN3O4/c17-12-4-2-1-3-10(12)9-24-11-7-20(8-11)14(21)6-5-13-15(22)19-16(23)18-13/h1-4,11,13H,5-9H2,(H2,18,19,22,23)/t13-/m1/s1. The molecule has 4 amide bonds. The first-order chi connectivity index (χ1) is 11.5. The number of nitrogens with zero attached hydrogens (tertiary/aromatic N) is 1. The summed E-state index contributed by atoms with van der Waals surface area (Å²) in [5.41, 5.74) is 0.491. The second-order valence-corrected chi connectivity index (χ2v) is 5.88. The van der Waals surface area contributed by atoms with Gasteiger partial charge >= 0.3 is 6.03 Å². The number of halogens is 1. The molecule has 2 heterocycles. The molecule has 128 valence electrons. The summed E-state index contributed by atoms with van der Waals surface area (Å²) in [6.45, 7) is 1.08. The van der Waals surface area contributed by atoms with Crippen LogP contribution in [0, 0.1) is 5.82 Å². The zero-order valence-electron chi connectivity index (χ0n) is 13.0. The first-order valence-corrected chi connectivity index (χ1v) is 7.77. The highest BCUT2D eigenvalue weighted by atomic mass is 19.1. The lowest BCUT2D eigenvalue weighted by molar-refractivity contribution is -0.146. The van der Waals surface area contributed by atoms with E-state index in [4.69, 9.17) is 4.74 Å². The van der Waals surface area contributed by atoms with Gasteiger partial charge in [-0.25, -0.2) is 9.18 Å². The number of imide groups is 1. The Labute approximate surface area is 138 Å². The molecule has 0 aliphatic carbocycles. The van der Waals surface area contributed by atoms with Crippen LogP contribution in [-0.2, 0) is 20.9 Å². The fourth-order valence-corrected chi connectivity index (χ4v) is 2.66. The van der Waals surface area contributed by atoms with Gasteiger partial charge in [-0.3, -0.25) is 14.9 Å². The molecule has 1 aromatic rings. The SMILES string of the molecule is O=C1NC(=O)[C@@H](CCC(=O)N2CC(OCc3ccccc3F)C2)N1. The number of urea groups is 1. The molecule has 2 saturated heterocycles. The van der Waals surface area contributed by atoms with Crippen LogP contribution in [0.3, 0.4) is 0 Å². The van der Waals surface area contributed by atoms with Crippen molar-refractivity contribution in [3.8, 4) is 0 Å². The van der Waals surface area contributed by atoms with E-state index < -0.39 is 18.0 Å². The number of carbonyl (C=O) groups excluding carboxylic acids is 3. The van der Waals surface area contributed by atoms with Crippen molar-refractivity contribution < 1.29 is 23.5 Å². The Balaban J connectivity index is 1.35. The third-order valence-corrected chi connectivity index (χ3v) is 4.14. The van der Waals surface area contributed by atoms with E-state index in [-0.39, 0.29) is 37.3 Å². The summed E-state index contributed by atoms with van der Waals surface area (Å²) < 4.78 is 19.0. The molecule has 3 rings (SSSR count). The maximum absolute atomic E-state index is 13.5. The zero-order valence-corrected chi connectivity index (χ0v) is 13.0. The molecule has 2 fully saturated rings. The fourth-order valence-electron chi connectivity index (χ4n) is 2.66. The van der Waals surface area contributed by atoms with Crippen molar-refractivity contribution >= 4 is 17.8 Å². The Hall–Kier alpha value is -2.48. The predicted molar refractivity (Wildman–Crippen MR) is 81.3 cm³/mol. The van der Waals surface area contributed by atoms with E-state index >= 15 is 0 Å². The summed E-state index contributed by atoms with van der Waals surface area (Å²) in [5, 5.41) is 4.58. The minimum atomic E-state index is -0.643. The minimum Gasteiger partial charge on any atom is -0.370 e. The average Bonchev–Trinajstić information content (AvgIpc) is 2.83. The molecular weight excluding hydrogens is 317 g/mol. The van der Waals surface area contributed by atoms with Gasteiger partial charge < -0.3 is 15.0 Å². The normalized spacial score (nSPS) is 20.5. The summed E-state index contributed by atoms with van der Waals surface area (Å²) in [6, 6.07) is 5.25. The highest BCUT2D eigenvalue weighted by Crippen LogP contribution is 2.17. The first kappa shape index (κ1) is 16.4. The number of ether oxygens (including phenoxy) is 1. The number of rotatable bonds is 6. The fraction of sp³-hybridized carbons (Fsp3) is 0.438. The lowest BCUT2D eigenvalue weighted by Gasteiger charge is -2.39. The van der Waals surface area contributed by atoms with Crippen LogP contribution in [0.25, 0.3) is 0 Å². The van der Waals surface area contributed by atoms with Gasteiger partial charge in [0.2, 0.25) is 5.91 Å². The van der Waals surface area contributed by atoms with Crippen molar-refractivity contribution in [1.82, 2.24) is 15.5 Å². The zero-order chi connectivity index (χ0) is 17.1. The van der Waals surface area contributed by atoms with Crippen LogP contribution in [0.1, 0.15) is 18.4 Å². The van der Waals surface area contributed by atoms with Crippen molar-refractivity contribution in [3.63, 3.8) is 0 Å². The van der Waals surface area contributed by atoms with Crippen LogP contribution < -0.4 is 10.6 Å². The second kappa shape index (κ2) is 6.96. The molecule has 2 aliphatic rings. The highest BCUT2D eigenvalue weighted by molar-refractivity contribution is 6.04. The van der Waals surface area contributed by atoms with E-state index in [0.29, 0.717) is 18.7 Å². The molecule has 8 heteroatoms. The summed E-state index contributed by atoms with van der Waals surface area (Å²) in [4.78, 5) is 36.0. The third kappa shape index (κ3) is 3.70. The smallest absolute Gasteiger partial charge is 0.322 e. The second-order valence-electron chi connectivity index (χ2n) is 5.88. The number of benzene rings is 1. The van der Waals surface area contributed by atoms with E-state index in [9.17, 15) is 18.8 Å². The van der Waals surface area contributed by atoms with Crippen LogP contribution >= 0.6 is 0 Å². The average molecular weight is 335 g/mol. The van der Waals surface area contributed by atoms with Crippen LogP contribution in [0.2, 0.25) is 0 Å². The largest absolute Gasteiger partial charge is 0.370 e. The van der Waals surface area contributed by atoms with Crippen molar-refractivity contribution in [2.45, 2.75) is 31.6 Å². The van der Waals surface area contributed by atoms with Gasteiger partial charge in [0.1, 0.15) is 11.9 Å². The summed E-state index contributed by atoms with van der Waals surface area (Å²) in [7, 11) is 0. The van der Waals surface area contributed by atoms with E-state index in [1.807, 2.05) is 0 Å². The van der Waals surface area contributed by atoms with Gasteiger partial charge in [-0.2, -0.15) is 0 Å². The number of amides is 4. The number of nitrogens with one attached hydrogen (secondary N) is 2. The molecule has 0 radical (unpaired) electrons. The van der Waals surface area contributed by atoms with Crippen molar-refractivity contribution in [3.05, 3.63) is 35.6 Å². The summed E-state index contributed by atoms with van der Waals surface area (Å²) in [5.74, 6) is -0.793. The van der Waals surface area contributed by atoms with Gasteiger partial charge in [-0.15, -0.1) is 0 Å². The summed E-state index contributed by atoms with van der Waals surface area (Å²) >= 11 is 0. The minimum absolute atomic E-state index is 0.0882. The van der Waals surface area contributed by atoms with Crippen LogP contribution in [0.5, 0.6) is 0 Å². The van der Waals surface area contributed by atoms with Crippen molar-refractivity contribution in [1.29, 1.82) is 0 Å². The quantitative estimate of drug-likeness (QED) is 0.743. The third-order valence-electron chi connectivity index (χ3n) is 4.14. The topological polar surface area (TPSA) is 87.7 Å². The van der Waals surface area contributed by atoms with Gasteiger partial charge in [0, 0.05) is 25.1 Å². The van der Waals surface area contributed by atoms with E-state index in [1.165, 1.54) is 6.07 Å². The van der Waals surface area contributed by atoms with Crippen LogP contribution in [-0.4, -0.2) is 48.0 Å². The van der Waals surface area contributed by atoms with Crippen molar-refractivity contribution in [2.24, 2.45) is 0 Å². The Morgan fingerprint density at radius 1 is 1.29 bits per heavy atom. The molecule has 1 aromatic carbocycles. The molecular formula is C16H18FN3O4. The van der Waals surface area contributed by atoms with Crippen LogP contribution in [0.15, 0.2) is 24.3 Å². The molecule has 0 saturated carbocycles. The molecule has 7 nitrogen and oxygen atoms in total. The highest BCUT2D eigenvalue weighted by Gasteiger charge is 2.34. The lowest BCUT2D eigenvalue weighted by atomic mass is 10.1. The van der Waals surface area contributed by atoms with Gasteiger partial charge in [-0.05, 0) is 12.5 Å². The monoisotopic (exact) mass is 335 g/mol. The molecule has 0 unspecified atom stereocenters. The summed E-state index contributed by atoms with van der Waals surface area (Å²) in [6.07, 6.45) is 0.342.